The molecule has 27 heavy (non-hydrogen) atoms. The fourth-order valence-electron chi connectivity index (χ4n) is 2.40. The average molecular weight is 364 g/mol. The van der Waals surface area contributed by atoms with E-state index in [1.165, 1.54) is 0 Å². The third kappa shape index (κ3) is 4.98. The van der Waals surface area contributed by atoms with Gasteiger partial charge < -0.3 is 19.5 Å². The van der Waals surface area contributed by atoms with Crippen molar-refractivity contribution >= 4 is 5.91 Å². The van der Waals surface area contributed by atoms with Crippen LogP contribution in [-0.4, -0.2) is 31.2 Å². The lowest BCUT2D eigenvalue weighted by Gasteiger charge is -2.12. The molecule has 1 N–H and O–H groups in total. The molecule has 0 spiro atoms. The van der Waals surface area contributed by atoms with Crippen molar-refractivity contribution in [3.8, 4) is 23.1 Å². The van der Waals surface area contributed by atoms with Crippen LogP contribution >= 0.6 is 0 Å². The highest BCUT2D eigenvalue weighted by molar-refractivity contribution is 5.96. The van der Waals surface area contributed by atoms with Crippen molar-refractivity contribution < 1.29 is 19.0 Å². The monoisotopic (exact) mass is 364 g/mol. The van der Waals surface area contributed by atoms with Crippen LogP contribution in [0.4, 0.5) is 0 Å². The smallest absolute Gasteiger partial charge is 0.256 e. The van der Waals surface area contributed by atoms with Gasteiger partial charge in [0.25, 0.3) is 5.91 Å². The van der Waals surface area contributed by atoms with E-state index in [0.29, 0.717) is 36.0 Å². The molecule has 6 heteroatoms. The lowest BCUT2D eigenvalue weighted by molar-refractivity contribution is 0.0944. The second kappa shape index (κ2) is 9.24. The SMILES string of the molecule is COc1ccccc1OCCNC(=O)c1cccnc1Oc1ccccc1. The molecule has 0 bridgehead atoms. The molecule has 1 amide bonds. The Morgan fingerprint density at radius 3 is 2.48 bits per heavy atom. The number of hydrogen-bond acceptors (Lipinski definition) is 5. The molecule has 1 heterocycles. The largest absolute Gasteiger partial charge is 0.493 e. The molecule has 0 aliphatic heterocycles. The second-order valence-electron chi connectivity index (χ2n) is 5.53. The van der Waals surface area contributed by atoms with E-state index in [9.17, 15) is 4.79 Å². The number of rotatable bonds is 8. The minimum Gasteiger partial charge on any atom is -0.493 e. The zero-order valence-electron chi connectivity index (χ0n) is 14.9. The molecule has 0 saturated heterocycles. The Morgan fingerprint density at radius 2 is 1.70 bits per heavy atom. The van der Waals surface area contributed by atoms with Gasteiger partial charge in [0.15, 0.2) is 11.5 Å². The Labute approximate surface area is 157 Å². The van der Waals surface area contributed by atoms with E-state index in [4.69, 9.17) is 14.2 Å². The summed E-state index contributed by atoms with van der Waals surface area (Å²) in [5, 5.41) is 2.81. The van der Waals surface area contributed by atoms with E-state index in [1.54, 1.807) is 37.6 Å². The maximum Gasteiger partial charge on any atom is 0.256 e. The van der Waals surface area contributed by atoms with Crippen molar-refractivity contribution in [3.05, 3.63) is 78.5 Å². The highest BCUT2D eigenvalue weighted by Crippen LogP contribution is 2.25. The molecule has 138 valence electrons. The van der Waals surface area contributed by atoms with Gasteiger partial charge in [-0.2, -0.15) is 0 Å². The summed E-state index contributed by atoms with van der Waals surface area (Å²) >= 11 is 0. The molecular weight excluding hydrogens is 344 g/mol. The molecule has 0 radical (unpaired) electrons. The summed E-state index contributed by atoms with van der Waals surface area (Å²) in [4.78, 5) is 16.6. The van der Waals surface area contributed by atoms with Crippen LogP contribution in [0.15, 0.2) is 72.9 Å². The fraction of sp³-hybridized carbons (Fsp3) is 0.143. The molecule has 0 aliphatic carbocycles. The second-order valence-corrected chi connectivity index (χ2v) is 5.53. The predicted octanol–water partition coefficient (Wildman–Crippen LogP) is 3.69. The molecule has 0 aliphatic rings. The summed E-state index contributed by atoms with van der Waals surface area (Å²) in [6.45, 7) is 0.637. The van der Waals surface area contributed by atoms with Gasteiger partial charge in [0, 0.05) is 6.20 Å². The molecule has 3 rings (SSSR count). The van der Waals surface area contributed by atoms with Gasteiger partial charge >= 0.3 is 0 Å². The Morgan fingerprint density at radius 1 is 0.963 bits per heavy atom. The first-order valence-corrected chi connectivity index (χ1v) is 8.50. The van der Waals surface area contributed by atoms with Crippen LogP contribution in [0.5, 0.6) is 23.1 Å². The molecule has 6 nitrogen and oxygen atoms in total. The number of carbonyl (C=O) groups is 1. The minimum absolute atomic E-state index is 0.256. The first-order chi connectivity index (χ1) is 13.3. The van der Waals surface area contributed by atoms with Gasteiger partial charge in [0.1, 0.15) is 17.9 Å². The Kier molecular flexibility index (Phi) is 6.25. The third-order valence-electron chi connectivity index (χ3n) is 3.69. The van der Waals surface area contributed by atoms with Crippen LogP contribution in [0, 0.1) is 0 Å². The first-order valence-electron chi connectivity index (χ1n) is 8.50. The zero-order chi connectivity index (χ0) is 18.9. The van der Waals surface area contributed by atoms with Crippen LogP contribution < -0.4 is 19.5 Å². The van der Waals surface area contributed by atoms with Crippen LogP contribution in [-0.2, 0) is 0 Å². The number of para-hydroxylation sites is 3. The first kappa shape index (κ1) is 18.3. The molecule has 0 unspecified atom stereocenters. The lowest BCUT2D eigenvalue weighted by Crippen LogP contribution is -2.28. The topological polar surface area (TPSA) is 69.7 Å². The van der Waals surface area contributed by atoms with Crippen LogP contribution in [0.25, 0.3) is 0 Å². The van der Waals surface area contributed by atoms with Gasteiger partial charge in [-0.3, -0.25) is 4.79 Å². The Balaban J connectivity index is 1.57. The summed E-state index contributed by atoms with van der Waals surface area (Å²) in [6, 6.07) is 19.9. The highest BCUT2D eigenvalue weighted by atomic mass is 16.5. The standard InChI is InChI=1S/C21H20N2O4/c1-25-18-11-5-6-12-19(18)26-15-14-22-20(24)17-10-7-13-23-21(17)27-16-8-3-2-4-9-16/h2-13H,14-15H2,1H3,(H,22,24). The van der Waals surface area contributed by atoms with Crippen LogP contribution in [0.1, 0.15) is 10.4 Å². The molecule has 3 aromatic rings. The Bertz CT molecular complexity index is 884. The minimum atomic E-state index is -0.280. The van der Waals surface area contributed by atoms with E-state index in [0.717, 1.165) is 0 Å². The summed E-state index contributed by atoms with van der Waals surface area (Å²) in [5.74, 6) is 1.87. The number of nitrogens with one attached hydrogen (secondary N) is 1. The number of nitrogens with zero attached hydrogens (tertiary/aromatic N) is 1. The number of hydrogen-bond donors (Lipinski definition) is 1. The number of methoxy groups -OCH3 is 1. The van der Waals surface area contributed by atoms with E-state index in [-0.39, 0.29) is 11.8 Å². The van der Waals surface area contributed by atoms with Gasteiger partial charge in [-0.05, 0) is 36.4 Å². The molecular formula is C21H20N2O4. The predicted molar refractivity (Wildman–Crippen MR) is 102 cm³/mol. The van der Waals surface area contributed by atoms with Crippen molar-refractivity contribution in [3.63, 3.8) is 0 Å². The van der Waals surface area contributed by atoms with E-state index in [1.807, 2.05) is 42.5 Å². The van der Waals surface area contributed by atoms with Gasteiger partial charge in [-0.1, -0.05) is 30.3 Å². The maximum absolute atomic E-state index is 12.5. The fourth-order valence-corrected chi connectivity index (χ4v) is 2.40. The van der Waals surface area contributed by atoms with Crippen molar-refractivity contribution in [2.75, 3.05) is 20.3 Å². The van der Waals surface area contributed by atoms with Crippen molar-refractivity contribution in [1.82, 2.24) is 10.3 Å². The average Bonchev–Trinajstić information content (AvgIpc) is 2.72. The number of benzene rings is 2. The van der Waals surface area contributed by atoms with Gasteiger partial charge in [0.2, 0.25) is 5.88 Å². The third-order valence-corrected chi connectivity index (χ3v) is 3.69. The van der Waals surface area contributed by atoms with Crippen LogP contribution in [0.2, 0.25) is 0 Å². The van der Waals surface area contributed by atoms with Crippen molar-refractivity contribution in [2.45, 2.75) is 0 Å². The number of carbonyl (C=O) groups excluding carboxylic acids is 1. The van der Waals surface area contributed by atoms with E-state index in [2.05, 4.69) is 10.3 Å². The molecule has 0 saturated carbocycles. The number of pyridine rings is 1. The summed E-state index contributed by atoms with van der Waals surface area (Å²) in [7, 11) is 1.58. The maximum atomic E-state index is 12.5. The van der Waals surface area contributed by atoms with Crippen molar-refractivity contribution in [2.24, 2.45) is 0 Å². The lowest BCUT2D eigenvalue weighted by atomic mass is 10.2. The van der Waals surface area contributed by atoms with Crippen molar-refractivity contribution in [1.29, 1.82) is 0 Å². The summed E-state index contributed by atoms with van der Waals surface area (Å²) in [6.07, 6.45) is 1.58. The van der Waals surface area contributed by atoms with Gasteiger partial charge in [-0.15, -0.1) is 0 Å². The zero-order valence-corrected chi connectivity index (χ0v) is 14.9. The number of amides is 1. The number of ether oxygens (including phenoxy) is 3. The molecule has 1 aromatic heterocycles. The summed E-state index contributed by atoms with van der Waals surface area (Å²) < 4.78 is 16.6. The van der Waals surface area contributed by atoms with Gasteiger partial charge in [-0.25, -0.2) is 4.98 Å². The van der Waals surface area contributed by atoms with Crippen LogP contribution in [0.3, 0.4) is 0 Å². The molecule has 0 atom stereocenters. The molecule has 2 aromatic carbocycles. The van der Waals surface area contributed by atoms with E-state index >= 15 is 0 Å². The number of aromatic nitrogens is 1. The van der Waals surface area contributed by atoms with Gasteiger partial charge in [0.05, 0.1) is 13.7 Å². The highest BCUT2D eigenvalue weighted by Gasteiger charge is 2.14. The van der Waals surface area contributed by atoms with E-state index < -0.39 is 0 Å². The quantitative estimate of drug-likeness (QED) is 0.617. The normalized spacial score (nSPS) is 10.1. The Hall–Kier alpha value is -3.54. The summed E-state index contributed by atoms with van der Waals surface area (Å²) in [5.41, 5.74) is 0.360. The molecule has 0 fully saturated rings.